The average Bonchev–Trinajstić information content (AvgIpc) is 3.30. The molecule has 0 aliphatic rings. The predicted octanol–water partition coefficient (Wildman–Crippen LogP) is 3.19. The lowest BCUT2D eigenvalue weighted by Crippen LogP contribution is -2.15. The van der Waals surface area contributed by atoms with Gasteiger partial charge in [-0.2, -0.15) is 5.10 Å². The van der Waals surface area contributed by atoms with E-state index in [1.165, 1.54) is 42.7 Å². The molecule has 0 saturated carbocycles. The van der Waals surface area contributed by atoms with Gasteiger partial charge in [0.25, 0.3) is 15.9 Å². The second-order valence-electron chi connectivity index (χ2n) is 7.03. The van der Waals surface area contributed by atoms with Crippen LogP contribution in [0.5, 0.6) is 5.75 Å². The van der Waals surface area contributed by atoms with Gasteiger partial charge in [0.1, 0.15) is 11.4 Å². The number of carbonyl (C=O) groups excluding carboxylic acids is 1. The van der Waals surface area contributed by atoms with Crippen LogP contribution in [-0.4, -0.2) is 39.6 Å². The third-order valence-electron chi connectivity index (χ3n) is 4.78. The van der Waals surface area contributed by atoms with Crippen LogP contribution in [0.4, 0.5) is 11.6 Å². The molecule has 0 unspecified atom stereocenters. The van der Waals surface area contributed by atoms with Crippen molar-refractivity contribution in [1.82, 2.24) is 20.2 Å². The fraction of sp³-hybridized carbons (Fsp3) is 0.0909. The highest BCUT2D eigenvalue weighted by Crippen LogP contribution is 2.29. The van der Waals surface area contributed by atoms with E-state index >= 15 is 0 Å². The minimum atomic E-state index is -3.88. The summed E-state index contributed by atoms with van der Waals surface area (Å²) in [5.74, 6) is -0.441. The smallest absolute Gasteiger partial charge is 0.273 e. The average molecular weight is 465 g/mol. The van der Waals surface area contributed by atoms with E-state index in [9.17, 15) is 18.3 Å². The molecule has 0 bridgehead atoms. The molecule has 4 rings (SSSR count). The molecule has 0 fully saturated rings. The molecule has 0 saturated heterocycles. The number of H-pyrrole nitrogens is 1. The van der Waals surface area contributed by atoms with Crippen LogP contribution in [0.15, 0.2) is 71.9 Å². The number of hydrogen-bond acceptors (Lipinski definition) is 7. The van der Waals surface area contributed by atoms with Crippen LogP contribution < -0.4 is 10.0 Å². The van der Waals surface area contributed by atoms with Gasteiger partial charge in [-0.05, 0) is 60.5 Å². The molecule has 0 aliphatic carbocycles. The third kappa shape index (κ3) is 4.99. The van der Waals surface area contributed by atoms with Crippen molar-refractivity contribution in [2.45, 2.75) is 18.2 Å². The zero-order valence-electron chi connectivity index (χ0n) is 17.5. The zero-order valence-corrected chi connectivity index (χ0v) is 18.3. The number of rotatable bonds is 7. The molecule has 0 aliphatic heterocycles. The van der Waals surface area contributed by atoms with E-state index in [0.717, 1.165) is 12.0 Å². The first-order valence-electron chi connectivity index (χ1n) is 9.94. The van der Waals surface area contributed by atoms with E-state index in [1.54, 1.807) is 12.1 Å². The maximum atomic E-state index is 12.6. The highest BCUT2D eigenvalue weighted by Gasteiger charge is 2.17. The molecule has 4 aromatic rings. The van der Waals surface area contributed by atoms with Crippen LogP contribution in [0, 0.1) is 0 Å². The van der Waals surface area contributed by atoms with Gasteiger partial charge in [-0.15, -0.1) is 0 Å². The summed E-state index contributed by atoms with van der Waals surface area (Å²) < 4.78 is 27.2. The molecule has 11 heteroatoms. The first-order valence-corrected chi connectivity index (χ1v) is 11.4. The number of benzene rings is 2. The van der Waals surface area contributed by atoms with Crippen LogP contribution in [0.1, 0.15) is 23.0 Å². The molecule has 2 aromatic carbocycles. The Morgan fingerprint density at radius 2 is 1.79 bits per heavy atom. The molecule has 168 valence electrons. The fourth-order valence-corrected chi connectivity index (χ4v) is 3.99. The Hall–Kier alpha value is -4.25. The van der Waals surface area contributed by atoms with Crippen LogP contribution in [0.25, 0.3) is 11.3 Å². The van der Waals surface area contributed by atoms with Crippen molar-refractivity contribution in [3.8, 4) is 17.0 Å². The minimum absolute atomic E-state index is 0.0111. The van der Waals surface area contributed by atoms with E-state index < -0.39 is 15.9 Å². The Morgan fingerprint density at radius 1 is 1.06 bits per heavy atom. The Balaban J connectivity index is 1.46. The number of phenolic OH excluding ortho intramolecular Hbond substituents is 1. The highest BCUT2D eigenvalue weighted by atomic mass is 32.2. The molecule has 0 atom stereocenters. The summed E-state index contributed by atoms with van der Waals surface area (Å²) in [4.78, 5) is 20.3. The molecule has 33 heavy (non-hydrogen) atoms. The predicted molar refractivity (Wildman–Crippen MR) is 122 cm³/mol. The normalized spacial score (nSPS) is 11.2. The van der Waals surface area contributed by atoms with Crippen molar-refractivity contribution in [3.05, 3.63) is 78.2 Å². The Morgan fingerprint density at radius 3 is 2.48 bits per heavy atom. The molecule has 0 spiro atoms. The molecule has 10 nitrogen and oxygen atoms in total. The second kappa shape index (κ2) is 9.09. The number of amides is 1. The number of nitrogens with zero attached hydrogens (tertiary/aromatic N) is 3. The van der Waals surface area contributed by atoms with Gasteiger partial charge in [-0.1, -0.05) is 13.0 Å². The quantitative estimate of drug-likeness (QED) is 0.328. The molecule has 1 amide bonds. The monoisotopic (exact) mass is 464 g/mol. The second-order valence-corrected chi connectivity index (χ2v) is 8.71. The standard InChI is InChI=1S/C22H20N6O4S/c1-2-14-4-9-20(29)17(12-14)18-13-19(27-26-18)21(30)25-15-5-7-16(8-6-15)33(31,32)28-22-23-10-3-11-24-22/h3-13,29H,2H2,1H3,(H,25,30)(H,26,27)(H,23,24,28). The molecular weight excluding hydrogens is 444 g/mol. The molecule has 0 radical (unpaired) electrons. The molecular formula is C22H20N6O4S. The van der Waals surface area contributed by atoms with E-state index in [0.29, 0.717) is 16.9 Å². The summed E-state index contributed by atoms with van der Waals surface area (Å²) in [5, 5.41) is 19.6. The largest absolute Gasteiger partial charge is 0.507 e. The number of hydrogen-bond donors (Lipinski definition) is 4. The third-order valence-corrected chi connectivity index (χ3v) is 6.13. The number of carbonyl (C=O) groups is 1. The summed E-state index contributed by atoms with van der Waals surface area (Å²) >= 11 is 0. The summed E-state index contributed by atoms with van der Waals surface area (Å²) in [6.45, 7) is 2.00. The molecule has 2 heterocycles. The maximum Gasteiger partial charge on any atom is 0.273 e. The number of phenols is 1. The molecule has 2 aromatic heterocycles. The van der Waals surface area contributed by atoms with Gasteiger partial charge in [0.15, 0.2) is 0 Å². The Kier molecular flexibility index (Phi) is 6.05. The Labute approximate surface area is 189 Å². The van der Waals surface area contributed by atoms with Crippen LogP contribution in [-0.2, 0) is 16.4 Å². The van der Waals surface area contributed by atoms with E-state index in [1.807, 2.05) is 19.1 Å². The fourth-order valence-electron chi connectivity index (χ4n) is 3.03. The van der Waals surface area contributed by atoms with Crippen LogP contribution in [0.2, 0.25) is 0 Å². The summed E-state index contributed by atoms with van der Waals surface area (Å²) in [6.07, 6.45) is 3.64. The van der Waals surface area contributed by atoms with Crippen molar-refractivity contribution in [3.63, 3.8) is 0 Å². The van der Waals surface area contributed by atoms with Gasteiger partial charge >= 0.3 is 0 Å². The number of aryl methyl sites for hydroxylation is 1. The van der Waals surface area contributed by atoms with Gasteiger partial charge in [-0.25, -0.2) is 23.1 Å². The van der Waals surface area contributed by atoms with Crippen molar-refractivity contribution in [2.24, 2.45) is 0 Å². The minimum Gasteiger partial charge on any atom is -0.507 e. The number of aromatic amines is 1. The van der Waals surface area contributed by atoms with Crippen molar-refractivity contribution >= 4 is 27.6 Å². The summed E-state index contributed by atoms with van der Waals surface area (Å²) in [5.41, 5.74) is 2.56. The van der Waals surface area contributed by atoms with Crippen molar-refractivity contribution in [1.29, 1.82) is 0 Å². The van der Waals surface area contributed by atoms with Gasteiger partial charge in [0.2, 0.25) is 5.95 Å². The number of nitrogens with one attached hydrogen (secondary N) is 3. The SMILES string of the molecule is CCc1ccc(O)c(-c2cc(C(=O)Nc3ccc(S(=O)(=O)Nc4ncccn4)cc3)[nH]n2)c1. The highest BCUT2D eigenvalue weighted by molar-refractivity contribution is 7.92. The summed E-state index contributed by atoms with van der Waals surface area (Å²) in [6, 6.07) is 14.0. The summed E-state index contributed by atoms with van der Waals surface area (Å²) in [7, 11) is -3.88. The zero-order chi connectivity index (χ0) is 23.4. The van der Waals surface area contributed by atoms with Gasteiger partial charge in [0, 0.05) is 23.6 Å². The van der Waals surface area contributed by atoms with Crippen molar-refractivity contribution < 1.29 is 18.3 Å². The maximum absolute atomic E-state index is 12.6. The van der Waals surface area contributed by atoms with Gasteiger partial charge in [0.05, 0.1) is 10.6 Å². The van der Waals surface area contributed by atoms with E-state index in [2.05, 4.69) is 30.2 Å². The lowest BCUT2D eigenvalue weighted by molar-refractivity contribution is 0.102. The first-order chi connectivity index (χ1) is 15.9. The van der Waals surface area contributed by atoms with Crippen LogP contribution >= 0.6 is 0 Å². The van der Waals surface area contributed by atoms with E-state index in [-0.39, 0.29) is 22.3 Å². The number of aromatic hydroxyl groups is 1. The lowest BCUT2D eigenvalue weighted by atomic mass is 10.1. The number of anilines is 2. The van der Waals surface area contributed by atoms with Crippen LogP contribution in [0.3, 0.4) is 0 Å². The topological polar surface area (TPSA) is 150 Å². The number of sulfonamides is 1. The first kappa shape index (κ1) is 22.0. The number of aromatic nitrogens is 4. The van der Waals surface area contributed by atoms with E-state index in [4.69, 9.17) is 0 Å². The molecule has 4 N–H and O–H groups in total. The lowest BCUT2D eigenvalue weighted by Gasteiger charge is -2.08. The Bertz CT molecular complexity index is 1390. The van der Waals surface area contributed by atoms with Crippen molar-refractivity contribution in [2.75, 3.05) is 10.0 Å². The van der Waals surface area contributed by atoms with Gasteiger partial charge < -0.3 is 10.4 Å². The van der Waals surface area contributed by atoms with Gasteiger partial charge in [-0.3, -0.25) is 9.89 Å².